The van der Waals surface area contributed by atoms with Crippen LogP contribution < -0.4 is 4.74 Å². The van der Waals surface area contributed by atoms with E-state index in [0.717, 1.165) is 0 Å². The number of hydrogen-bond acceptors (Lipinski definition) is 4. The topological polar surface area (TPSA) is 66.8 Å². The summed E-state index contributed by atoms with van der Waals surface area (Å²) in [6.07, 6.45) is 0.103. The highest BCUT2D eigenvalue weighted by molar-refractivity contribution is 5.79. The molecule has 0 fully saturated rings. The van der Waals surface area contributed by atoms with Gasteiger partial charge in [-0.3, -0.25) is 4.79 Å². The molecule has 0 saturated carbocycles. The highest BCUT2D eigenvalue weighted by Crippen LogP contribution is 2.38. The van der Waals surface area contributed by atoms with Gasteiger partial charge < -0.3 is 14.9 Å². The summed E-state index contributed by atoms with van der Waals surface area (Å²) in [5.74, 6) is -0.442. The summed E-state index contributed by atoms with van der Waals surface area (Å²) < 4.78 is 5.08. The van der Waals surface area contributed by atoms with Crippen LogP contribution in [0.5, 0.6) is 17.2 Å². The number of carbonyl (C=O) groups excluding carboxylic acids is 1. The van der Waals surface area contributed by atoms with Gasteiger partial charge in [-0.1, -0.05) is 6.07 Å². The van der Waals surface area contributed by atoms with Crippen molar-refractivity contribution in [2.45, 2.75) is 20.3 Å². The summed E-state index contributed by atoms with van der Waals surface area (Å²) in [7, 11) is 0. The summed E-state index contributed by atoms with van der Waals surface area (Å²) in [6.45, 7) is 3.60. The predicted octanol–water partition coefficient (Wildman–Crippen LogP) is 1.63. The van der Waals surface area contributed by atoms with Gasteiger partial charge in [-0.05, 0) is 19.9 Å². The van der Waals surface area contributed by atoms with Crippen LogP contribution in [0.15, 0.2) is 12.1 Å². The third-order valence-corrected chi connectivity index (χ3v) is 1.94. The molecule has 0 aliphatic rings. The third kappa shape index (κ3) is 2.62. The van der Waals surface area contributed by atoms with Crippen molar-refractivity contribution in [2.24, 2.45) is 0 Å². The molecule has 82 valence electrons. The Morgan fingerprint density at radius 2 is 2.00 bits per heavy atom. The van der Waals surface area contributed by atoms with Crippen LogP contribution >= 0.6 is 0 Å². The summed E-state index contributed by atoms with van der Waals surface area (Å²) >= 11 is 0. The Kier molecular flexibility index (Phi) is 3.55. The van der Waals surface area contributed by atoms with E-state index in [1.54, 1.807) is 13.0 Å². The lowest BCUT2D eigenvalue weighted by atomic mass is 10.1. The Morgan fingerprint density at radius 3 is 2.53 bits per heavy atom. The van der Waals surface area contributed by atoms with Crippen LogP contribution in [-0.4, -0.2) is 22.6 Å². The molecule has 0 aromatic heterocycles. The number of Topliss-reactive ketones (excluding diaryl/α,β-unsaturated/α-hetero) is 1. The van der Waals surface area contributed by atoms with Crippen molar-refractivity contribution >= 4 is 5.78 Å². The summed E-state index contributed by atoms with van der Waals surface area (Å²) in [5.41, 5.74) is 0.406. The van der Waals surface area contributed by atoms with Crippen LogP contribution in [-0.2, 0) is 11.2 Å². The minimum absolute atomic E-state index is 0.0751. The zero-order valence-electron chi connectivity index (χ0n) is 8.78. The molecule has 0 bridgehead atoms. The first-order chi connectivity index (χ1) is 7.06. The lowest BCUT2D eigenvalue weighted by Gasteiger charge is -2.09. The Hall–Kier alpha value is -1.71. The maximum atomic E-state index is 10.9. The first-order valence-electron chi connectivity index (χ1n) is 4.72. The summed E-state index contributed by atoms with van der Waals surface area (Å²) in [4.78, 5) is 10.9. The standard InChI is InChI=1S/C11H14O4/c1-3-15-9-5-4-8(6-7(2)12)10(13)11(9)14/h4-5,13-14H,3,6H2,1-2H3. The van der Waals surface area contributed by atoms with Crippen molar-refractivity contribution in [3.05, 3.63) is 17.7 Å². The van der Waals surface area contributed by atoms with Crippen LogP contribution in [0.1, 0.15) is 19.4 Å². The lowest BCUT2D eigenvalue weighted by molar-refractivity contribution is -0.116. The highest BCUT2D eigenvalue weighted by Gasteiger charge is 2.13. The van der Waals surface area contributed by atoms with Crippen LogP contribution in [0.3, 0.4) is 0 Å². The number of rotatable bonds is 4. The number of phenols is 2. The van der Waals surface area contributed by atoms with Crippen LogP contribution in [0.2, 0.25) is 0 Å². The van der Waals surface area contributed by atoms with Gasteiger partial charge in [0.05, 0.1) is 6.61 Å². The third-order valence-electron chi connectivity index (χ3n) is 1.94. The molecular formula is C11H14O4. The number of hydrogen-bond donors (Lipinski definition) is 2. The maximum Gasteiger partial charge on any atom is 0.200 e. The summed E-state index contributed by atoms with van der Waals surface area (Å²) in [6, 6.07) is 3.11. The average Bonchev–Trinajstić information content (AvgIpc) is 2.17. The molecule has 0 radical (unpaired) electrons. The first-order valence-corrected chi connectivity index (χ1v) is 4.72. The second kappa shape index (κ2) is 4.68. The molecular weight excluding hydrogens is 196 g/mol. The molecule has 2 N–H and O–H groups in total. The number of ether oxygens (including phenoxy) is 1. The number of benzene rings is 1. The van der Waals surface area contributed by atoms with E-state index < -0.39 is 0 Å². The zero-order chi connectivity index (χ0) is 11.4. The molecule has 0 heterocycles. The molecule has 0 aliphatic heterocycles. The molecule has 1 aromatic carbocycles. The van der Waals surface area contributed by atoms with Crippen molar-refractivity contribution in [1.82, 2.24) is 0 Å². The second-order valence-electron chi connectivity index (χ2n) is 3.23. The van der Waals surface area contributed by atoms with Gasteiger partial charge in [-0.25, -0.2) is 0 Å². The van der Waals surface area contributed by atoms with E-state index in [2.05, 4.69) is 0 Å². The largest absolute Gasteiger partial charge is 0.504 e. The van der Waals surface area contributed by atoms with Gasteiger partial charge in [0.2, 0.25) is 5.75 Å². The van der Waals surface area contributed by atoms with Gasteiger partial charge in [-0.15, -0.1) is 0 Å². The molecule has 1 aromatic rings. The minimum Gasteiger partial charge on any atom is -0.504 e. The van der Waals surface area contributed by atoms with E-state index >= 15 is 0 Å². The molecule has 0 spiro atoms. The van der Waals surface area contributed by atoms with Gasteiger partial charge in [-0.2, -0.15) is 0 Å². The van der Waals surface area contributed by atoms with Crippen molar-refractivity contribution in [3.8, 4) is 17.2 Å². The molecule has 15 heavy (non-hydrogen) atoms. The quantitative estimate of drug-likeness (QED) is 0.741. The number of carbonyl (C=O) groups is 1. The average molecular weight is 210 g/mol. The SMILES string of the molecule is CCOc1ccc(CC(C)=O)c(O)c1O. The Labute approximate surface area is 88.1 Å². The molecule has 0 aliphatic carbocycles. The van der Waals surface area contributed by atoms with E-state index in [0.29, 0.717) is 12.2 Å². The van der Waals surface area contributed by atoms with Crippen molar-refractivity contribution in [1.29, 1.82) is 0 Å². The fourth-order valence-electron chi connectivity index (χ4n) is 1.29. The molecule has 4 heteroatoms. The van der Waals surface area contributed by atoms with Crippen molar-refractivity contribution < 1.29 is 19.7 Å². The highest BCUT2D eigenvalue weighted by atomic mass is 16.5. The van der Waals surface area contributed by atoms with Crippen LogP contribution in [0, 0.1) is 0 Å². The summed E-state index contributed by atoms with van der Waals surface area (Å²) in [5, 5.41) is 19.1. The van der Waals surface area contributed by atoms with Crippen molar-refractivity contribution in [3.63, 3.8) is 0 Å². The van der Waals surface area contributed by atoms with Gasteiger partial charge in [0.25, 0.3) is 0 Å². The Morgan fingerprint density at radius 1 is 1.33 bits per heavy atom. The first kappa shape index (κ1) is 11.4. The lowest BCUT2D eigenvalue weighted by Crippen LogP contribution is -1.98. The number of phenolic OH excluding ortho intramolecular Hbond substituents is 2. The Bertz CT molecular complexity index is 371. The zero-order valence-corrected chi connectivity index (χ0v) is 8.78. The normalized spacial score (nSPS) is 10.0. The van der Waals surface area contributed by atoms with Crippen LogP contribution in [0.4, 0.5) is 0 Å². The fourth-order valence-corrected chi connectivity index (χ4v) is 1.29. The molecule has 4 nitrogen and oxygen atoms in total. The number of aromatic hydroxyl groups is 2. The smallest absolute Gasteiger partial charge is 0.200 e. The molecule has 0 unspecified atom stereocenters. The molecule has 0 saturated heterocycles. The fraction of sp³-hybridized carbons (Fsp3) is 0.364. The van der Waals surface area contributed by atoms with Gasteiger partial charge in [0.1, 0.15) is 5.78 Å². The molecule has 0 amide bonds. The van der Waals surface area contributed by atoms with Gasteiger partial charge >= 0.3 is 0 Å². The number of ketones is 1. The van der Waals surface area contributed by atoms with E-state index in [4.69, 9.17) is 4.74 Å². The van der Waals surface area contributed by atoms with E-state index in [1.807, 2.05) is 0 Å². The maximum absolute atomic E-state index is 10.9. The van der Waals surface area contributed by atoms with Crippen molar-refractivity contribution in [2.75, 3.05) is 6.61 Å². The van der Waals surface area contributed by atoms with Crippen LogP contribution in [0.25, 0.3) is 0 Å². The molecule has 0 atom stereocenters. The predicted molar refractivity (Wildman–Crippen MR) is 55.3 cm³/mol. The van der Waals surface area contributed by atoms with E-state index in [9.17, 15) is 15.0 Å². The van der Waals surface area contributed by atoms with Gasteiger partial charge in [0.15, 0.2) is 11.5 Å². The van der Waals surface area contributed by atoms with Gasteiger partial charge in [0, 0.05) is 12.0 Å². The van der Waals surface area contributed by atoms with E-state index in [1.165, 1.54) is 13.0 Å². The Balaban J connectivity index is 3.03. The van der Waals surface area contributed by atoms with E-state index in [-0.39, 0.29) is 29.5 Å². The second-order valence-corrected chi connectivity index (χ2v) is 3.23. The minimum atomic E-state index is -0.310. The monoisotopic (exact) mass is 210 g/mol. The molecule has 1 rings (SSSR count).